The Labute approximate surface area is 182 Å². The SMILES string of the molecule is CCN(CC)S(=O)(=O)c1ccc(N(C)CC(=O)Nc2cccc(C)c2C)c([N+](=O)[O-])c1. The maximum atomic E-state index is 12.7. The lowest BCUT2D eigenvalue weighted by molar-refractivity contribution is -0.384. The van der Waals surface area contributed by atoms with Crippen LogP contribution >= 0.6 is 0 Å². The average Bonchev–Trinajstić information content (AvgIpc) is 2.71. The van der Waals surface area contributed by atoms with Gasteiger partial charge in [-0.3, -0.25) is 14.9 Å². The number of anilines is 2. The molecule has 0 aliphatic rings. The number of sulfonamides is 1. The number of rotatable bonds is 9. The number of nitro benzene ring substituents is 1. The van der Waals surface area contributed by atoms with E-state index in [1.54, 1.807) is 27.0 Å². The number of nitro groups is 1. The molecule has 1 N–H and O–H groups in total. The molecule has 10 heteroatoms. The molecular formula is C21H28N4O5S. The molecule has 0 saturated heterocycles. The number of hydrogen-bond donors (Lipinski definition) is 1. The number of nitrogens with one attached hydrogen (secondary N) is 1. The third-order valence-corrected chi connectivity index (χ3v) is 7.20. The van der Waals surface area contributed by atoms with E-state index in [2.05, 4.69) is 5.32 Å². The molecule has 2 rings (SSSR count). The second-order valence-corrected chi connectivity index (χ2v) is 9.09. The van der Waals surface area contributed by atoms with E-state index in [0.717, 1.165) is 17.2 Å². The zero-order valence-electron chi connectivity index (χ0n) is 18.4. The molecule has 0 saturated carbocycles. The van der Waals surface area contributed by atoms with E-state index >= 15 is 0 Å². The van der Waals surface area contributed by atoms with Gasteiger partial charge in [0.1, 0.15) is 5.69 Å². The third-order valence-electron chi connectivity index (χ3n) is 5.16. The molecule has 9 nitrogen and oxygen atoms in total. The molecule has 31 heavy (non-hydrogen) atoms. The van der Waals surface area contributed by atoms with E-state index in [4.69, 9.17) is 0 Å². The zero-order valence-corrected chi connectivity index (χ0v) is 19.2. The fourth-order valence-electron chi connectivity index (χ4n) is 3.22. The summed E-state index contributed by atoms with van der Waals surface area (Å²) in [5.41, 5.74) is 2.42. The highest BCUT2D eigenvalue weighted by molar-refractivity contribution is 7.89. The molecule has 0 atom stereocenters. The molecule has 0 fully saturated rings. The van der Waals surface area contributed by atoms with Crippen LogP contribution in [0.4, 0.5) is 17.1 Å². The highest BCUT2D eigenvalue weighted by Gasteiger charge is 2.27. The summed E-state index contributed by atoms with van der Waals surface area (Å²) < 4.78 is 26.7. The monoisotopic (exact) mass is 448 g/mol. The first-order valence-corrected chi connectivity index (χ1v) is 11.3. The number of carbonyl (C=O) groups is 1. The Morgan fingerprint density at radius 3 is 2.35 bits per heavy atom. The van der Waals surface area contributed by atoms with Gasteiger partial charge in [-0.2, -0.15) is 4.31 Å². The van der Waals surface area contributed by atoms with E-state index in [9.17, 15) is 23.3 Å². The second kappa shape index (κ2) is 9.88. The van der Waals surface area contributed by atoms with Crippen molar-refractivity contribution in [3.05, 3.63) is 57.6 Å². The van der Waals surface area contributed by atoms with Gasteiger partial charge in [-0.15, -0.1) is 0 Å². The number of aryl methyl sites for hydroxylation is 1. The van der Waals surface area contributed by atoms with Crippen LogP contribution in [0.1, 0.15) is 25.0 Å². The van der Waals surface area contributed by atoms with E-state index in [-0.39, 0.29) is 41.8 Å². The van der Waals surface area contributed by atoms with E-state index in [0.29, 0.717) is 5.69 Å². The normalized spacial score (nSPS) is 11.4. The molecule has 2 aromatic rings. The van der Waals surface area contributed by atoms with Crippen molar-refractivity contribution < 1.29 is 18.1 Å². The van der Waals surface area contributed by atoms with E-state index in [1.807, 2.05) is 26.0 Å². The summed E-state index contributed by atoms with van der Waals surface area (Å²) in [5.74, 6) is -0.342. The lowest BCUT2D eigenvalue weighted by Gasteiger charge is -2.21. The minimum absolute atomic E-state index is 0.142. The number of hydrogen-bond acceptors (Lipinski definition) is 6. The highest BCUT2D eigenvalue weighted by Crippen LogP contribution is 2.31. The van der Waals surface area contributed by atoms with Crippen LogP contribution in [-0.4, -0.2) is 50.2 Å². The van der Waals surface area contributed by atoms with Crippen LogP contribution in [0.3, 0.4) is 0 Å². The largest absolute Gasteiger partial charge is 0.360 e. The molecule has 0 spiro atoms. The van der Waals surface area contributed by atoms with Crippen molar-refractivity contribution in [1.29, 1.82) is 0 Å². The minimum Gasteiger partial charge on any atom is -0.360 e. The van der Waals surface area contributed by atoms with Gasteiger partial charge in [0.15, 0.2) is 0 Å². The number of likely N-dealkylation sites (N-methyl/N-ethyl adjacent to an activating group) is 1. The molecule has 168 valence electrons. The Balaban J connectivity index is 2.30. The Kier molecular flexibility index (Phi) is 7.75. The lowest BCUT2D eigenvalue weighted by Crippen LogP contribution is -2.32. The van der Waals surface area contributed by atoms with Gasteiger partial charge in [0.2, 0.25) is 15.9 Å². The first kappa shape index (κ1) is 24.3. The molecule has 0 radical (unpaired) electrons. The van der Waals surface area contributed by atoms with Crippen LogP contribution in [0.25, 0.3) is 0 Å². The third kappa shape index (κ3) is 5.39. The Morgan fingerprint density at radius 2 is 1.77 bits per heavy atom. The van der Waals surface area contributed by atoms with Gasteiger partial charge < -0.3 is 10.2 Å². The van der Waals surface area contributed by atoms with E-state index in [1.165, 1.54) is 21.3 Å². The molecule has 0 aliphatic heterocycles. The van der Waals surface area contributed by atoms with Crippen LogP contribution in [0.2, 0.25) is 0 Å². The summed E-state index contributed by atoms with van der Waals surface area (Å²) in [5, 5.41) is 14.5. The van der Waals surface area contributed by atoms with Crippen LogP contribution in [-0.2, 0) is 14.8 Å². The van der Waals surface area contributed by atoms with Crippen LogP contribution in [0.15, 0.2) is 41.3 Å². The lowest BCUT2D eigenvalue weighted by atomic mass is 10.1. The van der Waals surface area contributed by atoms with Crippen molar-refractivity contribution >= 4 is 33.0 Å². The average molecular weight is 449 g/mol. The van der Waals surface area contributed by atoms with E-state index < -0.39 is 14.9 Å². The first-order valence-electron chi connectivity index (χ1n) is 9.88. The van der Waals surface area contributed by atoms with Crippen LogP contribution in [0, 0.1) is 24.0 Å². The van der Waals surface area contributed by atoms with Gasteiger partial charge >= 0.3 is 0 Å². The number of benzene rings is 2. The fourth-order valence-corrected chi connectivity index (χ4v) is 4.70. The standard InChI is InChI=1S/C21H28N4O5S/c1-6-24(7-2)31(29,30)17-11-12-19(20(13-17)25(27)28)23(5)14-21(26)22-18-10-8-9-15(3)16(18)4/h8-13H,6-7,14H2,1-5H3,(H,22,26). The summed E-state index contributed by atoms with van der Waals surface area (Å²) in [6.45, 7) is 7.61. The topological polar surface area (TPSA) is 113 Å². The maximum absolute atomic E-state index is 12.7. The van der Waals surface area contributed by atoms with Gasteiger partial charge in [0.25, 0.3) is 5.69 Å². The van der Waals surface area contributed by atoms with Crippen molar-refractivity contribution in [1.82, 2.24) is 4.31 Å². The van der Waals surface area contributed by atoms with Crippen LogP contribution < -0.4 is 10.2 Å². The summed E-state index contributed by atoms with van der Waals surface area (Å²) in [6.07, 6.45) is 0. The van der Waals surface area contributed by atoms with Gasteiger partial charge in [0, 0.05) is 31.9 Å². The van der Waals surface area contributed by atoms with Gasteiger partial charge in [-0.05, 0) is 43.2 Å². The van der Waals surface area contributed by atoms with Crippen molar-refractivity contribution in [2.75, 3.05) is 36.9 Å². The smallest absolute Gasteiger partial charge is 0.293 e. The van der Waals surface area contributed by atoms with Crippen molar-refractivity contribution in [2.45, 2.75) is 32.6 Å². The number of nitrogens with zero attached hydrogens (tertiary/aromatic N) is 3. The van der Waals surface area contributed by atoms with Gasteiger partial charge in [0.05, 0.1) is 16.4 Å². The summed E-state index contributed by atoms with van der Waals surface area (Å²) in [7, 11) is -2.30. The second-order valence-electron chi connectivity index (χ2n) is 7.15. The molecule has 1 amide bonds. The maximum Gasteiger partial charge on any atom is 0.293 e. The summed E-state index contributed by atoms with van der Waals surface area (Å²) >= 11 is 0. The molecule has 0 unspecified atom stereocenters. The highest BCUT2D eigenvalue weighted by atomic mass is 32.2. The molecule has 2 aromatic carbocycles. The molecule has 0 aliphatic carbocycles. The first-order chi connectivity index (χ1) is 14.5. The molecular weight excluding hydrogens is 420 g/mol. The fraction of sp³-hybridized carbons (Fsp3) is 0.381. The van der Waals surface area contributed by atoms with Crippen molar-refractivity contribution in [3.8, 4) is 0 Å². The Morgan fingerprint density at radius 1 is 1.13 bits per heavy atom. The Bertz CT molecular complexity index is 1080. The zero-order chi connectivity index (χ0) is 23.3. The molecule has 0 bridgehead atoms. The van der Waals surface area contributed by atoms with Crippen LogP contribution in [0.5, 0.6) is 0 Å². The van der Waals surface area contributed by atoms with Gasteiger partial charge in [-0.1, -0.05) is 26.0 Å². The summed E-state index contributed by atoms with van der Waals surface area (Å²) in [6, 6.07) is 9.29. The summed E-state index contributed by atoms with van der Waals surface area (Å²) in [4.78, 5) is 24.8. The predicted molar refractivity (Wildman–Crippen MR) is 121 cm³/mol. The Hall–Kier alpha value is -2.98. The quantitative estimate of drug-likeness (QED) is 0.465. The van der Waals surface area contributed by atoms with Gasteiger partial charge in [-0.25, -0.2) is 8.42 Å². The minimum atomic E-state index is -3.84. The molecule has 0 heterocycles. The molecule has 0 aromatic heterocycles. The van der Waals surface area contributed by atoms with Crippen molar-refractivity contribution in [2.24, 2.45) is 0 Å². The number of carbonyl (C=O) groups excluding carboxylic acids is 1. The number of amides is 1. The predicted octanol–water partition coefficient (Wildman–Crippen LogP) is 3.32. The van der Waals surface area contributed by atoms with Crippen molar-refractivity contribution in [3.63, 3.8) is 0 Å².